The number of carbonyl (C=O) groups excluding carboxylic acids is 1. The van der Waals surface area contributed by atoms with Gasteiger partial charge in [-0.3, -0.25) is 4.90 Å². The largest absolute Gasteiger partial charge is 0.475 e. The lowest BCUT2D eigenvalue weighted by atomic mass is 9.95. The summed E-state index contributed by atoms with van der Waals surface area (Å²) in [7, 11) is 2.13. The molecule has 1 amide bonds. The van der Waals surface area contributed by atoms with Gasteiger partial charge in [0.15, 0.2) is 0 Å². The number of hydrogen-bond donors (Lipinski definition) is 0. The van der Waals surface area contributed by atoms with Crippen molar-refractivity contribution >= 4 is 11.9 Å². The van der Waals surface area contributed by atoms with E-state index >= 15 is 0 Å². The van der Waals surface area contributed by atoms with Gasteiger partial charge >= 0.3 is 6.09 Å². The van der Waals surface area contributed by atoms with Crippen LogP contribution in [0.15, 0.2) is 30.3 Å². The molecule has 9 nitrogen and oxygen atoms in total. The van der Waals surface area contributed by atoms with Gasteiger partial charge in [-0.15, -0.1) is 0 Å². The van der Waals surface area contributed by atoms with Gasteiger partial charge in [-0.1, -0.05) is 30.3 Å². The van der Waals surface area contributed by atoms with Crippen LogP contribution in [0.2, 0.25) is 0 Å². The summed E-state index contributed by atoms with van der Waals surface area (Å²) in [5, 5.41) is 10.3. The number of nitriles is 1. The number of rotatable bonds is 6. The first-order chi connectivity index (χ1) is 19.2. The lowest BCUT2D eigenvalue weighted by molar-refractivity contribution is 0.0240. The number of ether oxygens (including phenoxy) is 2. The van der Waals surface area contributed by atoms with E-state index in [0.29, 0.717) is 56.8 Å². The van der Waals surface area contributed by atoms with Gasteiger partial charge in [-0.25, -0.2) is 4.79 Å². The first-order valence-corrected chi connectivity index (χ1v) is 14.5. The molecule has 9 heteroatoms. The first kappa shape index (κ1) is 28.2. The minimum absolute atomic E-state index is 0.275. The van der Waals surface area contributed by atoms with E-state index in [9.17, 15) is 10.1 Å². The fourth-order valence-corrected chi connectivity index (χ4v) is 5.89. The Kier molecular flexibility index (Phi) is 8.48. The third-order valence-corrected chi connectivity index (χ3v) is 8.09. The molecule has 1 aromatic carbocycles. The van der Waals surface area contributed by atoms with Gasteiger partial charge < -0.3 is 24.2 Å². The van der Waals surface area contributed by atoms with Crippen LogP contribution in [0.4, 0.5) is 10.6 Å². The molecule has 2 aromatic rings. The van der Waals surface area contributed by atoms with Gasteiger partial charge in [-0.2, -0.15) is 10.2 Å². The normalized spacial score (nSPS) is 20.2. The standard InChI is InChI=1S/C31H42N6O3/c1-31(2,3)40-30(38)37-17-15-36(16-18-37)28-25-12-14-35(20-23-9-6-5-7-10-23)21-27(25)26(19-32)29(33-28)39-22-24-11-8-13-34(24)4/h5-7,9-10,24H,8,11-18,20-22H2,1-4H3. The topological polar surface area (TPSA) is 85.2 Å². The lowest BCUT2D eigenvalue weighted by Gasteiger charge is -2.38. The molecule has 40 heavy (non-hydrogen) atoms. The molecule has 2 fully saturated rings. The van der Waals surface area contributed by atoms with Crippen LogP contribution in [0, 0.1) is 11.3 Å². The van der Waals surface area contributed by atoms with E-state index in [1.807, 2.05) is 26.8 Å². The second-order valence-corrected chi connectivity index (χ2v) is 12.2. The number of anilines is 1. The number of pyridine rings is 1. The minimum Gasteiger partial charge on any atom is -0.475 e. The van der Waals surface area contributed by atoms with Crippen LogP contribution in [-0.4, -0.2) is 90.3 Å². The Labute approximate surface area is 238 Å². The van der Waals surface area contributed by atoms with Crippen molar-refractivity contribution in [3.05, 3.63) is 52.6 Å². The number of aromatic nitrogens is 1. The summed E-state index contributed by atoms with van der Waals surface area (Å²) in [6, 6.07) is 13.3. The Bertz CT molecular complexity index is 1230. The van der Waals surface area contributed by atoms with Crippen LogP contribution in [0.1, 0.15) is 55.9 Å². The zero-order valence-electron chi connectivity index (χ0n) is 24.4. The Morgan fingerprint density at radius 2 is 1.82 bits per heavy atom. The van der Waals surface area contributed by atoms with Crippen molar-refractivity contribution in [2.45, 2.75) is 64.8 Å². The third-order valence-electron chi connectivity index (χ3n) is 8.09. The summed E-state index contributed by atoms with van der Waals surface area (Å²) >= 11 is 0. The molecule has 1 unspecified atom stereocenters. The molecule has 214 valence electrons. The molecule has 0 saturated carbocycles. The second-order valence-electron chi connectivity index (χ2n) is 12.2. The smallest absolute Gasteiger partial charge is 0.410 e. The van der Waals surface area contributed by atoms with E-state index in [4.69, 9.17) is 14.5 Å². The SMILES string of the molecule is CN1CCCC1COc1nc(N2CCN(C(=O)OC(C)(C)C)CC2)c2c(c1C#N)CN(Cc1ccccc1)CC2. The molecule has 3 aliphatic rings. The minimum atomic E-state index is -0.521. The monoisotopic (exact) mass is 546 g/mol. The van der Waals surface area contributed by atoms with E-state index in [1.54, 1.807) is 4.90 Å². The van der Waals surface area contributed by atoms with Crippen molar-refractivity contribution in [1.82, 2.24) is 19.7 Å². The predicted octanol–water partition coefficient (Wildman–Crippen LogP) is 4.04. The van der Waals surface area contributed by atoms with Crippen LogP contribution in [0.25, 0.3) is 0 Å². The van der Waals surface area contributed by atoms with E-state index in [0.717, 1.165) is 55.8 Å². The molecule has 5 rings (SSSR count). The number of likely N-dealkylation sites (N-methyl/N-ethyl adjacent to an activating group) is 1. The van der Waals surface area contributed by atoms with Gasteiger partial charge in [-0.05, 0) is 64.8 Å². The van der Waals surface area contributed by atoms with Crippen molar-refractivity contribution in [3.63, 3.8) is 0 Å². The number of amides is 1. The van der Waals surface area contributed by atoms with Crippen LogP contribution < -0.4 is 9.64 Å². The number of hydrogen-bond acceptors (Lipinski definition) is 8. The van der Waals surface area contributed by atoms with Gasteiger partial charge in [0.1, 0.15) is 29.7 Å². The number of likely N-dealkylation sites (tertiary alicyclic amines) is 1. The number of nitrogens with zero attached hydrogens (tertiary/aromatic N) is 6. The molecule has 3 aliphatic heterocycles. The Hall–Kier alpha value is -3.35. The zero-order valence-corrected chi connectivity index (χ0v) is 24.4. The first-order valence-electron chi connectivity index (χ1n) is 14.5. The average molecular weight is 547 g/mol. The second kappa shape index (κ2) is 12.0. The highest BCUT2D eigenvalue weighted by Crippen LogP contribution is 2.36. The number of benzene rings is 1. The summed E-state index contributed by atoms with van der Waals surface area (Å²) in [6.45, 7) is 12.1. The molecule has 1 atom stereocenters. The molecule has 2 saturated heterocycles. The van der Waals surface area contributed by atoms with Gasteiger partial charge in [0, 0.05) is 57.4 Å². The number of fused-ring (bicyclic) bond motifs is 1. The fourth-order valence-electron chi connectivity index (χ4n) is 5.89. The van der Waals surface area contributed by atoms with Crippen molar-refractivity contribution in [2.24, 2.45) is 0 Å². The van der Waals surface area contributed by atoms with E-state index in [-0.39, 0.29) is 6.09 Å². The summed E-state index contributed by atoms with van der Waals surface area (Å²) in [5.74, 6) is 1.33. The van der Waals surface area contributed by atoms with Crippen LogP contribution in [-0.2, 0) is 24.2 Å². The molecule has 0 N–H and O–H groups in total. The van der Waals surface area contributed by atoms with Crippen molar-refractivity contribution in [1.29, 1.82) is 5.26 Å². The Morgan fingerprint density at radius 1 is 1.07 bits per heavy atom. The fraction of sp³-hybridized carbons (Fsp3) is 0.581. The maximum absolute atomic E-state index is 12.7. The van der Waals surface area contributed by atoms with Gasteiger partial charge in [0.2, 0.25) is 5.88 Å². The predicted molar refractivity (Wildman–Crippen MR) is 154 cm³/mol. The highest BCUT2D eigenvalue weighted by atomic mass is 16.6. The molecule has 0 aliphatic carbocycles. The summed E-state index contributed by atoms with van der Waals surface area (Å²) in [4.78, 5) is 26.4. The van der Waals surface area contributed by atoms with Crippen molar-refractivity contribution in [3.8, 4) is 11.9 Å². The van der Waals surface area contributed by atoms with E-state index < -0.39 is 5.60 Å². The zero-order chi connectivity index (χ0) is 28.3. The molecule has 1 aromatic heterocycles. The van der Waals surface area contributed by atoms with Crippen LogP contribution in [0.3, 0.4) is 0 Å². The quantitative estimate of drug-likeness (QED) is 0.537. The summed E-state index contributed by atoms with van der Waals surface area (Å²) in [6.07, 6.45) is 2.79. The van der Waals surface area contributed by atoms with Gasteiger partial charge in [0.25, 0.3) is 0 Å². The van der Waals surface area contributed by atoms with Crippen LogP contribution >= 0.6 is 0 Å². The maximum Gasteiger partial charge on any atom is 0.410 e. The van der Waals surface area contributed by atoms with E-state index in [2.05, 4.69) is 52.1 Å². The molecular formula is C31H42N6O3. The van der Waals surface area contributed by atoms with E-state index in [1.165, 1.54) is 5.56 Å². The van der Waals surface area contributed by atoms with Crippen molar-refractivity contribution in [2.75, 3.05) is 57.8 Å². The molecule has 0 radical (unpaired) electrons. The van der Waals surface area contributed by atoms with Crippen LogP contribution in [0.5, 0.6) is 5.88 Å². The Balaban J connectivity index is 1.40. The highest BCUT2D eigenvalue weighted by molar-refractivity contribution is 5.69. The summed E-state index contributed by atoms with van der Waals surface area (Å²) in [5.41, 5.74) is 3.46. The molecule has 4 heterocycles. The number of carbonyl (C=O) groups is 1. The maximum atomic E-state index is 12.7. The molecule has 0 spiro atoms. The van der Waals surface area contributed by atoms with Gasteiger partial charge in [0.05, 0.1) is 0 Å². The highest BCUT2D eigenvalue weighted by Gasteiger charge is 2.32. The lowest BCUT2D eigenvalue weighted by Crippen LogP contribution is -2.50. The molecule has 0 bridgehead atoms. The third kappa shape index (κ3) is 6.51. The average Bonchev–Trinajstić information content (AvgIpc) is 3.35. The van der Waals surface area contributed by atoms with Crippen molar-refractivity contribution < 1.29 is 14.3 Å². The molecular weight excluding hydrogens is 504 g/mol. The Morgan fingerprint density at radius 3 is 2.48 bits per heavy atom. The number of piperazine rings is 1. The summed E-state index contributed by atoms with van der Waals surface area (Å²) < 4.78 is 11.9.